The SMILES string of the molecule is Cc1cccc(OCC(=O)NNC(=O)c2oc3ccc(Cl)cc3c2C)c1. The second kappa shape index (κ2) is 7.49. The summed E-state index contributed by atoms with van der Waals surface area (Å²) in [5, 5.41) is 1.30. The Bertz CT molecular complexity index is 981. The van der Waals surface area contributed by atoms with Crippen LogP contribution in [0.25, 0.3) is 11.0 Å². The molecule has 7 heteroatoms. The second-order valence-electron chi connectivity index (χ2n) is 5.80. The molecule has 2 amide bonds. The molecule has 26 heavy (non-hydrogen) atoms. The predicted octanol–water partition coefficient (Wildman–Crippen LogP) is 3.54. The van der Waals surface area contributed by atoms with Crippen LogP contribution in [0.4, 0.5) is 0 Å². The molecule has 0 saturated heterocycles. The highest BCUT2D eigenvalue weighted by Crippen LogP contribution is 2.27. The Balaban J connectivity index is 1.58. The molecule has 0 unspecified atom stereocenters. The zero-order valence-corrected chi connectivity index (χ0v) is 15.0. The first kappa shape index (κ1) is 17.8. The molecule has 0 aliphatic carbocycles. The Morgan fingerprint density at radius 2 is 1.92 bits per heavy atom. The minimum Gasteiger partial charge on any atom is -0.484 e. The van der Waals surface area contributed by atoms with Crippen molar-refractivity contribution < 1.29 is 18.7 Å². The molecule has 2 aromatic carbocycles. The quantitative estimate of drug-likeness (QED) is 0.686. The van der Waals surface area contributed by atoms with Crippen LogP contribution in [0.15, 0.2) is 46.9 Å². The highest BCUT2D eigenvalue weighted by Gasteiger charge is 2.18. The van der Waals surface area contributed by atoms with Gasteiger partial charge in [-0.3, -0.25) is 20.4 Å². The minimum absolute atomic E-state index is 0.113. The Morgan fingerprint density at radius 1 is 1.12 bits per heavy atom. The van der Waals surface area contributed by atoms with Crippen molar-refractivity contribution in [3.63, 3.8) is 0 Å². The maximum absolute atomic E-state index is 12.3. The normalized spacial score (nSPS) is 10.6. The van der Waals surface area contributed by atoms with Gasteiger partial charge >= 0.3 is 5.91 Å². The smallest absolute Gasteiger partial charge is 0.305 e. The summed E-state index contributed by atoms with van der Waals surface area (Å²) in [6.07, 6.45) is 0. The maximum atomic E-state index is 12.3. The van der Waals surface area contributed by atoms with E-state index in [0.717, 1.165) is 10.9 Å². The molecule has 3 aromatic rings. The van der Waals surface area contributed by atoms with Gasteiger partial charge in [0.25, 0.3) is 5.91 Å². The van der Waals surface area contributed by atoms with E-state index in [1.165, 1.54) is 0 Å². The van der Waals surface area contributed by atoms with Gasteiger partial charge in [0, 0.05) is 16.0 Å². The summed E-state index contributed by atoms with van der Waals surface area (Å²) < 4.78 is 10.9. The minimum atomic E-state index is -0.557. The van der Waals surface area contributed by atoms with Gasteiger partial charge in [0.05, 0.1) is 0 Å². The van der Waals surface area contributed by atoms with Crippen molar-refractivity contribution in [3.05, 3.63) is 64.4 Å². The van der Waals surface area contributed by atoms with Crippen LogP contribution in [0.2, 0.25) is 5.02 Å². The van der Waals surface area contributed by atoms with Crippen LogP contribution in [-0.2, 0) is 4.79 Å². The number of ether oxygens (including phenoxy) is 1. The summed E-state index contributed by atoms with van der Waals surface area (Å²) in [7, 11) is 0. The van der Waals surface area contributed by atoms with Gasteiger partial charge in [-0.15, -0.1) is 0 Å². The summed E-state index contributed by atoms with van der Waals surface area (Å²) in [5.41, 5.74) is 6.83. The van der Waals surface area contributed by atoms with E-state index in [-0.39, 0.29) is 12.4 Å². The van der Waals surface area contributed by atoms with E-state index in [1.54, 1.807) is 31.2 Å². The largest absolute Gasteiger partial charge is 0.484 e. The number of hydrogen-bond acceptors (Lipinski definition) is 4. The molecule has 0 aliphatic rings. The van der Waals surface area contributed by atoms with Crippen molar-refractivity contribution in [2.24, 2.45) is 0 Å². The van der Waals surface area contributed by atoms with Crippen LogP contribution < -0.4 is 15.6 Å². The lowest BCUT2D eigenvalue weighted by molar-refractivity contribution is -0.123. The molecule has 134 valence electrons. The molecule has 2 N–H and O–H groups in total. The van der Waals surface area contributed by atoms with Gasteiger partial charge in [0.15, 0.2) is 12.4 Å². The molecular formula is C19H17ClN2O4. The summed E-state index contributed by atoms with van der Waals surface area (Å²) in [4.78, 5) is 24.1. The van der Waals surface area contributed by atoms with E-state index in [2.05, 4.69) is 10.9 Å². The molecule has 0 aliphatic heterocycles. The molecule has 3 rings (SSSR count). The van der Waals surface area contributed by atoms with E-state index in [9.17, 15) is 9.59 Å². The fourth-order valence-corrected chi connectivity index (χ4v) is 2.66. The predicted molar refractivity (Wildman–Crippen MR) is 98.2 cm³/mol. The van der Waals surface area contributed by atoms with Crippen LogP contribution in [0, 0.1) is 13.8 Å². The topological polar surface area (TPSA) is 80.6 Å². The third-order valence-corrected chi connectivity index (χ3v) is 4.01. The number of aryl methyl sites for hydroxylation is 2. The summed E-state index contributed by atoms with van der Waals surface area (Å²) >= 11 is 5.96. The number of rotatable bonds is 4. The number of nitrogens with one attached hydrogen (secondary N) is 2. The van der Waals surface area contributed by atoms with Crippen molar-refractivity contribution >= 4 is 34.4 Å². The van der Waals surface area contributed by atoms with Crippen molar-refractivity contribution in [3.8, 4) is 5.75 Å². The number of carbonyl (C=O) groups is 2. The number of hydrogen-bond donors (Lipinski definition) is 2. The van der Waals surface area contributed by atoms with Crippen LogP contribution >= 0.6 is 11.6 Å². The Hall–Kier alpha value is -2.99. The lowest BCUT2D eigenvalue weighted by Crippen LogP contribution is -2.43. The van der Waals surface area contributed by atoms with Gasteiger partial charge in [0.1, 0.15) is 11.3 Å². The van der Waals surface area contributed by atoms with Crippen LogP contribution in [0.5, 0.6) is 5.75 Å². The van der Waals surface area contributed by atoms with Gasteiger partial charge < -0.3 is 9.15 Å². The molecule has 0 radical (unpaired) electrons. The molecule has 0 fully saturated rings. The van der Waals surface area contributed by atoms with Gasteiger partial charge in [-0.05, 0) is 49.7 Å². The standard InChI is InChI=1S/C19H17ClN2O4/c1-11-4-3-5-14(8-11)25-10-17(23)21-22-19(24)18-12(2)15-9-13(20)6-7-16(15)26-18/h3-9H,10H2,1-2H3,(H,21,23)(H,22,24). The number of carbonyl (C=O) groups excluding carboxylic acids is 2. The maximum Gasteiger partial charge on any atom is 0.305 e. The molecular weight excluding hydrogens is 356 g/mol. The van der Waals surface area contributed by atoms with Crippen LogP contribution in [0.1, 0.15) is 21.7 Å². The molecule has 0 atom stereocenters. The van der Waals surface area contributed by atoms with Gasteiger partial charge in [-0.25, -0.2) is 0 Å². The number of hydrazine groups is 1. The van der Waals surface area contributed by atoms with E-state index in [0.29, 0.717) is 21.9 Å². The fourth-order valence-electron chi connectivity index (χ4n) is 2.48. The first-order valence-electron chi connectivity index (χ1n) is 7.91. The van der Waals surface area contributed by atoms with E-state index >= 15 is 0 Å². The van der Waals surface area contributed by atoms with Crippen molar-refractivity contribution in [2.45, 2.75) is 13.8 Å². The monoisotopic (exact) mass is 372 g/mol. The highest BCUT2D eigenvalue weighted by atomic mass is 35.5. The lowest BCUT2D eigenvalue weighted by atomic mass is 10.1. The number of fused-ring (bicyclic) bond motifs is 1. The highest BCUT2D eigenvalue weighted by molar-refractivity contribution is 6.31. The molecule has 0 spiro atoms. The Kier molecular flexibility index (Phi) is 5.14. The Morgan fingerprint density at radius 3 is 2.69 bits per heavy atom. The number of halogens is 1. The van der Waals surface area contributed by atoms with Gasteiger partial charge in [-0.1, -0.05) is 23.7 Å². The van der Waals surface area contributed by atoms with Crippen LogP contribution in [0.3, 0.4) is 0 Å². The van der Waals surface area contributed by atoms with Crippen LogP contribution in [-0.4, -0.2) is 18.4 Å². The number of benzene rings is 2. The average molecular weight is 373 g/mol. The van der Waals surface area contributed by atoms with Gasteiger partial charge in [-0.2, -0.15) is 0 Å². The number of amides is 2. The van der Waals surface area contributed by atoms with Crippen molar-refractivity contribution in [1.29, 1.82) is 0 Å². The summed E-state index contributed by atoms with van der Waals surface area (Å²) in [5.74, 6) is -0.353. The Labute approximate surface area is 155 Å². The van der Waals surface area contributed by atoms with Crippen molar-refractivity contribution in [2.75, 3.05) is 6.61 Å². The molecule has 1 aromatic heterocycles. The van der Waals surface area contributed by atoms with E-state index < -0.39 is 11.8 Å². The van der Waals surface area contributed by atoms with E-state index in [1.807, 2.05) is 25.1 Å². The zero-order valence-electron chi connectivity index (χ0n) is 14.3. The van der Waals surface area contributed by atoms with E-state index in [4.69, 9.17) is 20.8 Å². The molecule has 1 heterocycles. The van der Waals surface area contributed by atoms with Gasteiger partial charge in [0.2, 0.25) is 0 Å². The fraction of sp³-hybridized carbons (Fsp3) is 0.158. The summed E-state index contributed by atoms with van der Waals surface area (Å²) in [6, 6.07) is 12.4. The average Bonchev–Trinajstić information content (AvgIpc) is 2.94. The second-order valence-corrected chi connectivity index (χ2v) is 6.24. The lowest BCUT2D eigenvalue weighted by Gasteiger charge is -2.08. The zero-order chi connectivity index (χ0) is 18.7. The number of furan rings is 1. The molecule has 0 saturated carbocycles. The first-order valence-corrected chi connectivity index (χ1v) is 8.29. The molecule has 0 bridgehead atoms. The first-order chi connectivity index (χ1) is 12.4. The molecule has 6 nitrogen and oxygen atoms in total. The summed E-state index contributed by atoms with van der Waals surface area (Å²) in [6.45, 7) is 3.45. The van der Waals surface area contributed by atoms with Crippen molar-refractivity contribution in [1.82, 2.24) is 10.9 Å². The third-order valence-electron chi connectivity index (χ3n) is 3.78. The third kappa shape index (κ3) is 3.97.